The van der Waals surface area contributed by atoms with E-state index in [4.69, 9.17) is 5.31 Å². The van der Waals surface area contributed by atoms with Gasteiger partial charge >= 0.3 is 170 Å². The fraction of sp³-hybridized carbons (Fsp3) is 0.545. The van der Waals surface area contributed by atoms with Gasteiger partial charge in [0.2, 0.25) is 0 Å². The summed E-state index contributed by atoms with van der Waals surface area (Å²) in [5.41, 5.74) is 1.58. The summed E-state index contributed by atoms with van der Waals surface area (Å²) in [6.07, 6.45) is 7.42. The molecule has 1 aliphatic heterocycles. The van der Waals surface area contributed by atoms with Gasteiger partial charge in [0.1, 0.15) is 0 Å². The Morgan fingerprint density at radius 2 is 1.97 bits per heavy atom. The average molecular weight is 400 g/mol. The molecule has 0 radical (unpaired) electrons. The van der Waals surface area contributed by atoms with Gasteiger partial charge in [0, 0.05) is 0 Å². The van der Waals surface area contributed by atoms with Crippen molar-refractivity contribution in [1.29, 1.82) is 5.31 Å². The summed E-state index contributed by atoms with van der Waals surface area (Å²) in [6, 6.07) is 6.28. The molecule has 29 heavy (non-hydrogen) atoms. The number of amides is 1. The SMILES string of the molecule is CC(F)(F)c1ccc(C(CCCCC(=O)B=N)C2CC=C(C3CC3)C(=O)N2)cc1. The Labute approximate surface area is 170 Å². The maximum absolute atomic E-state index is 13.6. The van der Waals surface area contributed by atoms with E-state index in [9.17, 15) is 18.4 Å². The van der Waals surface area contributed by atoms with Gasteiger partial charge < -0.3 is 0 Å². The summed E-state index contributed by atoms with van der Waals surface area (Å²) >= 11 is 0. The Bertz CT molecular complexity index is 798. The molecule has 4 nitrogen and oxygen atoms in total. The molecule has 0 spiro atoms. The molecule has 154 valence electrons. The molecule has 0 bridgehead atoms. The van der Waals surface area contributed by atoms with E-state index in [1.807, 2.05) is 6.08 Å². The van der Waals surface area contributed by atoms with Crippen molar-refractivity contribution in [1.82, 2.24) is 5.32 Å². The van der Waals surface area contributed by atoms with E-state index in [0.29, 0.717) is 18.8 Å². The summed E-state index contributed by atoms with van der Waals surface area (Å²) in [5, 5.41) is 10.1. The van der Waals surface area contributed by atoms with Crippen LogP contribution in [0.2, 0.25) is 0 Å². The van der Waals surface area contributed by atoms with Crippen molar-refractivity contribution in [2.24, 2.45) is 5.92 Å². The summed E-state index contributed by atoms with van der Waals surface area (Å²) < 4.78 is 27.1. The van der Waals surface area contributed by atoms with Crippen molar-refractivity contribution in [3.05, 3.63) is 47.0 Å². The molecule has 2 aliphatic rings. The molecule has 0 saturated heterocycles. The van der Waals surface area contributed by atoms with Crippen molar-refractivity contribution in [3.63, 3.8) is 0 Å². The summed E-state index contributed by atoms with van der Waals surface area (Å²) in [5.74, 6) is -2.51. The van der Waals surface area contributed by atoms with Gasteiger partial charge in [0.15, 0.2) is 0 Å². The number of nitrogens with one attached hydrogen (secondary N) is 2. The fourth-order valence-corrected chi connectivity index (χ4v) is 4.03. The van der Waals surface area contributed by atoms with Gasteiger partial charge in [-0.05, 0) is 0 Å². The normalized spacial score (nSPS) is 20.4. The van der Waals surface area contributed by atoms with Crippen LogP contribution in [0.1, 0.15) is 68.9 Å². The van der Waals surface area contributed by atoms with Crippen molar-refractivity contribution < 1.29 is 18.4 Å². The number of halogens is 2. The average Bonchev–Trinajstić information content (AvgIpc) is 3.52. The molecule has 3 rings (SSSR count). The molecule has 1 saturated carbocycles. The monoisotopic (exact) mass is 400 g/mol. The van der Waals surface area contributed by atoms with E-state index in [0.717, 1.165) is 57.2 Å². The van der Waals surface area contributed by atoms with E-state index >= 15 is 0 Å². The minimum absolute atomic E-state index is 0.00874. The van der Waals surface area contributed by atoms with Crippen molar-refractivity contribution >= 4 is 18.7 Å². The van der Waals surface area contributed by atoms with Gasteiger partial charge in [-0.15, -0.1) is 0 Å². The van der Waals surface area contributed by atoms with Crippen LogP contribution < -0.4 is 5.32 Å². The number of rotatable bonds is 10. The van der Waals surface area contributed by atoms with Crippen LogP contribution in [0.4, 0.5) is 8.78 Å². The van der Waals surface area contributed by atoms with E-state index in [2.05, 4.69) is 5.32 Å². The second-order valence-electron chi connectivity index (χ2n) is 8.22. The first kappa shape index (κ1) is 21.5. The topological polar surface area (TPSA) is 70.0 Å². The second kappa shape index (κ2) is 9.10. The summed E-state index contributed by atoms with van der Waals surface area (Å²) in [7, 11) is 0.840. The molecule has 0 aromatic heterocycles. The van der Waals surface area contributed by atoms with Crippen molar-refractivity contribution in [2.45, 2.75) is 69.8 Å². The number of unbranched alkanes of at least 4 members (excludes halogenated alkanes) is 1. The first-order valence-corrected chi connectivity index (χ1v) is 10.3. The van der Waals surface area contributed by atoms with E-state index in [1.54, 1.807) is 12.1 Å². The Hall–Kier alpha value is -2.18. The third-order valence-corrected chi connectivity index (χ3v) is 5.87. The molecule has 7 heteroatoms. The zero-order valence-corrected chi connectivity index (χ0v) is 16.7. The van der Waals surface area contributed by atoms with Gasteiger partial charge in [-0.2, -0.15) is 0 Å². The molecule has 1 aliphatic carbocycles. The van der Waals surface area contributed by atoms with Gasteiger partial charge in [-0.3, -0.25) is 0 Å². The molecule has 2 unspecified atom stereocenters. The molecule has 1 amide bonds. The maximum atomic E-state index is 13.6. The number of carbonyl (C=O) groups is 2. The third-order valence-electron chi connectivity index (χ3n) is 5.87. The fourth-order valence-electron chi connectivity index (χ4n) is 4.03. The summed E-state index contributed by atoms with van der Waals surface area (Å²) in [4.78, 5) is 23.8. The van der Waals surface area contributed by atoms with Crippen LogP contribution in [0.3, 0.4) is 0 Å². The molecule has 1 heterocycles. The number of alkyl halides is 2. The van der Waals surface area contributed by atoms with Crippen molar-refractivity contribution in [3.8, 4) is 0 Å². The quantitative estimate of drug-likeness (QED) is 0.443. The predicted octanol–water partition coefficient (Wildman–Crippen LogP) is 4.66. The van der Waals surface area contributed by atoms with Crippen LogP contribution in [0.25, 0.3) is 0 Å². The third kappa shape index (κ3) is 5.67. The molecular weight excluding hydrogens is 373 g/mol. The zero-order valence-electron chi connectivity index (χ0n) is 16.7. The molecule has 2 atom stereocenters. The molecular formula is C22H27BF2N2O2. The van der Waals surface area contributed by atoms with Crippen LogP contribution in [0.5, 0.6) is 0 Å². The van der Waals surface area contributed by atoms with Gasteiger partial charge in [0.05, 0.1) is 0 Å². The molecule has 1 aromatic rings. The van der Waals surface area contributed by atoms with Gasteiger partial charge in [-0.1, -0.05) is 0 Å². The Morgan fingerprint density at radius 1 is 1.28 bits per heavy atom. The first-order valence-electron chi connectivity index (χ1n) is 10.3. The Balaban J connectivity index is 1.73. The van der Waals surface area contributed by atoms with Crippen LogP contribution >= 0.6 is 0 Å². The predicted molar refractivity (Wildman–Crippen MR) is 108 cm³/mol. The van der Waals surface area contributed by atoms with Gasteiger partial charge in [0.25, 0.3) is 0 Å². The van der Waals surface area contributed by atoms with E-state index in [-0.39, 0.29) is 29.1 Å². The molecule has 1 aromatic carbocycles. The van der Waals surface area contributed by atoms with Crippen LogP contribution in [0, 0.1) is 11.2 Å². The van der Waals surface area contributed by atoms with Crippen LogP contribution in [-0.2, 0) is 15.5 Å². The van der Waals surface area contributed by atoms with Crippen LogP contribution in [-0.4, -0.2) is 24.7 Å². The standard InChI is InChI=1S/C22H27BF2N2O2/c1-22(24,25)16-10-8-14(9-11-16)17(4-2-3-5-20(28)23-26)19-13-12-18(15-6-7-15)21(29)27-19/h8-12,15,17,19,26H,2-7,13H2,1H3,(H,27,29). The first-order chi connectivity index (χ1) is 13.8. The van der Waals surface area contributed by atoms with Crippen LogP contribution in [0.15, 0.2) is 35.9 Å². The van der Waals surface area contributed by atoms with Gasteiger partial charge in [-0.25, -0.2) is 0 Å². The number of benzene rings is 1. The van der Waals surface area contributed by atoms with E-state index in [1.165, 1.54) is 12.1 Å². The molecule has 1 fully saturated rings. The Kier molecular flexibility index (Phi) is 6.76. The number of carbonyl (C=O) groups excluding carboxylic acids is 2. The summed E-state index contributed by atoms with van der Waals surface area (Å²) in [6.45, 7) is 0.880. The second-order valence-corrected chi connectivity index (χ2v) is 8.22. The Morgan fingerprint density at radius 3 is 2.52 bits per heavy atom. The van der Waals surface area contributed by atoms with Crippen molar-refractivity contribution in [2.75, 3.05) is 0 Å². The zero-order chi connectivity index (χ0) is 21.0. The molecule has 2 N–H and O–H groups in total. The minimum atomic E-state index is -2.89. The number of hydrogen-bond donors (Lipinski definition) is 2. The van der Waals surface area contributed by atoms with E-state index < -0.39 is 5.92 Å². The number of hydrogen-bond acceptors (Lipinski definition) is 3.